The predicted molar refractivity (Wildman–Crippen MR) is 107 cm³/mol. The van der Waals surface area contributed by atoms with Crippen LogP contribution in [0, 0.1) is 6.92 Å². The Morgan fingerprint density at radius 2 is 1.78 bits per heavy atom. The Balaban J connectivity index is 1.49. The number of anilines is 2. The third-order valence-corrected chi connectivity index (χ3v) is 4.78. The number of hydrogen-bond acceptors (Lipinski definition) is 4. The number of rotatable bonds is 4. The van der Waals surface area contributed by atoms with Crippen LogP contribution in [0.2, 0.25) is 0 Å². The zero-order valence-corrected chi connectivity index (χ0v) is 15.4. The number of nitrogens with one attached hydrogen (secondary N) is 1. The van der Waals surface area contributed by atoms with E-state index in [9.17, 15) is 4.79 Å². The summed E-state index contributed by atoms with van der Waals surface area (Å²) in [5, 5.41) is 3.29. The van der Waals surface area contributed by atoms with E-state index in [1.54, 1.807) is 6.33 Å². The van der Waals surface area contributed by atoms with E-state index >= 15 is 0 Å². The van der Waals surface area contributed by atoms with Crippen molar-refractivity contribution in [1.82, 2.24) is 14.9 Å². The first kappa shape index (κ1) is 17.2. The van der Waals surface area contributed by atoms with Crippen molar-refractivity contribution in [3.8, 4) is 11.3 Å². The molecule has 2 aromatic carbocycles. The number of aromatic nitrogens is 2. The van der Waals surface area contributed by atoms with E-state index in [0.29, 0.717) is 0 Å². The second kappa shape index (κ2) is 7.58. The molecule has 0 unspecified atom stereocenters. The largest absolute Gasteiger partial charge is 0.340 e. The second-order valence-electron chi connectivity index (χ2n) is 6.86. The summed E-state index contributed by atoms with van der Waals surface area (Å²) in [7, 11) is 0. The van der Waals surface area contributed by atoms with Crippen molar-refractivity contribution >= 4 is 17.4 Å². The zero-order chi connectivity index (χ0) is 18.6. The maximum atomic E-state index is 12.4. The second-order valence-corrected chi connectivity index (χ2v) is 6.86. The van der Waals surface area contributed by atoms with E-state index in [1.165, 1.54) is 5.56 Å². The van der Waals surface area contributed by atoms with Gasteiger partial charge in [-0.25, -0.2) is 9.97 Å². The van der Waals surface area contributed by atoms with Gasteiger partial charge in [0.2, 0.25) is 0 Å². The SMILES string of the molecule is Cc1cccc(-c2cc(Nc3ccc(C(=O)N4CCCC4)cc3)ncn2)c1. The van der Waals surface area contributed by atoms with Gasteiger partial charge >= 0.3 is 0 Å². The summed E-state index contributed by atoms with van der Waals surface area (Å²) in [6.45, 7) is 3.79. The average molecular weight is 358 g/mol. The van der Waals surface area contributed by atoms with Crippen LogP contribution in [0.1, 0.15) is 28.8 Å². The molecular formula is C22H22N4O. The van der Waals surface area contributed by atoms with Crippen LogP contribution in [0.5, 0.6) is 0 Å². The van der Waals surface area contributed by atoms with E-state index in [-0.39, 0.29) is 5.91 Å². The Labute approximate surface area is 159 Å². The molecule has 5 nitrogen and oxygen atoms in total. The molecule has 136 valence electrons. The summed E-state index contributed by atoms with van der Waals surface area (Å²) in [5.74, 6) is 0.836. The molecule has 1 amide bonds. The summed E-state index contributed by atoms with van der Waals surface area (Å²) in [6, 6.07) is 17.7. The van der Waals surface area contributed by atoms with Crippen molar-refractivity contribution in [3.05, 3.63) is 72.1 Å². The van der Waals surface area contributed by atoms with Gasteiger partial charge in [-0.3, -0.25) is 4.79 Å². The molecule has 1 fully saturated rings. The number of hydrogen-bond donors (Lipinski definition) is 1. The summed E-state index contributed by atoms with van der Waals surface area (Å²) in [6.07, 6.45) is 3.76. The topological polar surface area (TPSA) is 58.1 Å². The van der Waals surface area contributed by atoms with Gasteiger partial charge in [-0.2, -0.15) is 0 Å². The molecular weight excluding hydrogens is 336 g/mol. The highest BCUT2D eigenvalue weighted by atomic mass is 16.2. The van der Waals surface area contributed by atoms with E-state index in [4.69, 9.17) is 0 Å². The molecule has 0 radical (unpaired) electrons. The monoisotopic (exact) mass is 358 g/mol. The molecule has 0 bridgehead atoms. The Hall–Kier alpha value is -3.21. The van der Waals surface area contributed by atoms with E-state index < -0.39 is 0 Å². The van der Waals surface area contributed by atoms with Crippen molar-refractivity contribution in [1.29, 1.82) is 0 Å². The number of carbonyl (C=O) groups excluding carboxylic acids is 1. The molecule has 27 heavy (non-hydrogen) atoms. The third kappa shape index (κ3) is 3.97. The number of carbonyl (C=O) groups is 1. The molecule has 1 aliphatic rings. The highest BCUT2D eigenvalue weighted by Crippen LogP contribution is 2.22. The minimum Gasteiger partial charge on any atom is -0.340 e. The fraction of sp³-hybridized carbons (Fsp3) is 0.227. The lowest BCUT2D eigenvalue weighted by Crippen LogP contribution is -2.27. The van der Waals surface area contributed by atoms with E-state index in [1.807, 2.05) is 47.4 Å². The predicted octanol–water partition coefficient (Wildman–Crippen LogP) is 4.43. The molecule has 1 aliphatic heterocycles. The number of benzene rings is 2. The van der Waals surface area contributed by atoms with Gasteiger partial charge in [0, 0.05) is 36.0 Å². The van der Waals surface area contributed by atoms with Gasteiger partial charge in [-0.15, -0.1) is 0 Å². The first-order chi connectivity index (χ1) is 13.2. The normalized spacial score (nSPS) is 13.6. The highest BCUT2D eigenvalue weighted by molar-refractivity contribution is 5.94. The standard InChI is InChI=1S/C22H22N4O/c1-16-5-4-6-18(13-16)20-14-21(24-15-23-20)25-19-9-7-17(8-10-19)22(27)26-11-2-3-12-26/h4-10,13-15H,2-3,11-12H2,1H3,(H,23,24,25). The Morgan fingerprint density at radius 1 is 1.00 bits per heavy atom. The van der Waals surface area contributed by atoms with Gasteiger partial charge in [-0.05, 0) is 50.1 Å². The molecule has 4 rings (SSSR count). The van der Waals surface area contributed by atoms with Gasteiger partial charge in [0.1, 0.15) is 12.1 Å². The van der Waals surface area contributed by atoms with E-state index in [2.05, 4.69) is 34.3 Å². The fourth-order valence-corrected chi connectivity index (χ4v) is 3.33. The van der Waals surface area contributed by atoms with Gasteiger partial charge in [0.15, 0.2) is 0 Å². The third-order valence-electron chi connectivity index (χ3n) is 4.78. The van der Waals surface area contributed by atoms with Crippen molar-refractivity contribution in [2.45, 2.75) is 19.8 Å². The number of amides is 1. The van der Waals surface area contributed by atoms with Crippen LogP contribution in [-0.2, 0) is 0 Å². The Bertz CT molecular complexity index is 947. The first-order valence-electron chi connectivity index (χ1n) is 9.24. The Morgan fingerprint density at radius 3 is 2.52 bits per heavy atom. The molecule has 0 saturated carbocycles. The zero-order valence-electron chi connectivity index (χ0n) is 15.4. The van der Waals surface area contributed by atoms with Gasteiger partial charge in [-0.1, -0.05) is 23.8 Å². The number of nitrogens with zero attached hydrogens (tertiary/aromatic N) is 3. The smallest absolute Gasteiger partial charge is 0.253 e. The van der Waals surface area contributed by atoms with Crippen LogP contribution in [-0.4, -0.2) is 33.9 Å². The van der Waals surface area contributed by atoms with Crippen molar-refractivity contribution in [3.63, 3.8) is 0 Å². The molecule has 5 heteroatoms. The minimum absolute atomic E-state index is 0.114. The molecule has 1 saturated heterocycles. The van der Waals surface area contributed by atoms with Gasteiger partial charge < -0.3 is 10.2 Å². The minimum atomic E-state index is 0.114. The van der Waals surface area contributed by atoms with Gasteiger partial charge in [0.05, 0.1) is 5.69 Å². The van der Waals surface area contributed by atoms with Gasteiger partial charge in [0.25, 0.3) is 5.91 Å². The quantitative estimate of drug-likeness (QED) is 0.749. The Kier molecular flexibility index (Phi) is 4.83. The fourth-order valence-electron chi connectivity index (χ4n) is 3.33. The van der Waals surface area contributed by atoms with E-state index in [0.717, 1.165) is 54.3 Å². The molecule has 0 aliphatic carbocycles. The van der Waals surface area contributed by atoms with Crippen molar-refractivity contribution in [2.24, 2.45) is 0 Å². The maximum absolute atomic E-state index is 12.4. The highest BCUT2D eigenvalue weighted by Gasteiger charge is 2.19. The lowest BCUT2D eigenvalue weighted by Gasteiger charge is -2.15. The van der Waals surface area contributed by atoms with Crippen LogP contribution < -0.4 is 5.32 Å². The van der Waals surface area contributed by atoms with Crippen LogP contribution in [0.3, 0.4) is 0 Å². The summed E-state index contributed by atoms with van der Waals surface area (Å²) in [4.78, 5) is 23.0. The lowest BCUT2D eigenvalue weighted by atomic mass is 10.1. The van der Waals surface area contributed by atoms with Crippen LogP contribution in [0.25, 0.3) is 11.3 Å². The molecule has 1 aromatic heterocycles. The number of aryl methyl sites for hydroxylation is 1. The average Bonchev–Trinajstić information content (AvgIpc) is 3.23. The summed E-state index contributed by atoms with van der Waals surface area (Å²) in [5.41, 5.74) is 4.75. The molecule has 1 N–H and O–H groups in total. The van der Waals surface area contributed by atoms with Crippen molar-refractivity contribution in [2.75, 3.05) is 18.4 Å². The number of likely N-dealkylation sites (tertiary alicyclic amines) is 1. The molecule has 0 atom stereocenters. The van der Waals surface area contributed by atoms with Crippen molar-refractivity contribution < 1.29 is 4.79 Å². The molecule has 2 heterocycles. The van der Waals surface area contributed by atoms with Crippen LogP contribution in [0.4, 0.5) is 11.5 Å². The summed E-state index contributed by atoms with van der Waals surface area (Å²) >= 11 is 0. The van der Waals surface area contributed by atoms with Crippen LogP contribution >= 0.6 is 0 Å². The van der Waals surface area contributed by atoms with Crippen LogP contribution in [0.15, 0.2) is 60.9 Å². The first-order valence-corrected chi connectivity index (χ1v) is 9.24. The lowest BCUT2D eigenvalue weighted by molar-refractivity contribution is 0.0793. The molecule has 0 spiro atoms. The maximum Gasteiger partial charge on any atom is 0.253 e. The molecule has 3 aromatic rings. The summed E-state index contributed by atoms with van der Waals surface area (Å²) < 4.78 is 0.